The maximum absolute atomic E-state index is 13.1. The molecule has 8 heteroatoms. The van der Waals surface area contributed by atoms with Crippen LogP contribution < -0.4 is 19.9 Å². The topological polar surface area (TPSA) is 79.2 Å². The summed E-state index contributed by atoms with van der Waals surface area (Å²) in [7, 11) is 0. The molecule has 1 atom stereocenters. The van der Waals surface area contributed by atoms with Gasteiger partial charge in [-0.15, -0.1) is 0 Å². The van der Waals surface area contributed by atoms with Crippen molar-refractivity contribution < 1.29 is 14.2 Å². The number of benzene rings is 3. The smallest absolute Gasteiger partial charge is 0.325 e. The lowest BCUT2D eigenvalue weighted by Gasteiger charge is -2.31. The third-order valence-corrected chi connectivity index (χ3v) is 6.27. The van der Waals surface area contributed by atoms with Gasteiger partial charge in [0.2, 0.25) is 11.1 Å². The first-order valence-corrected chi connectivity index (χ1v) is 12.1. The fraction of sp³-hybridized carbons (Fsp3) is 0.154. The van der Waals surface area contributed by atoms with Crippen LogP contribution in [0.15, 0.2) is 88.8 Å². The molecule has 4 aromatic rings. The highest BCUT2D eigenvalue weighted by molar-refractivity contribution is 7.98. The van der Waals surface area contributed by atoms with Gasteiger partial charge >= 0.3 is 11.3 Å². The van der Waals surface area contributed by atoms with Gasteiger partial charge in [0.1, 0.15) is 12.4 Å². The van der Waals surface area contributed by atoms with Gasteiger partial charge in [-0.25, -0.2) is 4.90 Å². The molecule has 0 fully saturated rings. The van der Waals surface area contributed by atoms with Crippen molar-refractivity contribution in [3.63, 3.8) is 0 Å². The summed E-state index contributed by atoms with van der Waals surface area (Å²) in [6.07, 6.45) is 1.20. The Hall–Kier alpha value is -3.91. The van der Waals surface area contributed by atoms with Crippen LogP contribution in [0, 0.1) is 0 Å². The van der Waals surface area contributed by atoms with Crippen LogP contribution in [0.25, 0.3) is 11.3 Å². The number of carbonyl (C=O) groups excluding carboxylic acids is 1. The molecule has 5 rings (SSSR count). The molecule has 0 radical (unpaired) electrons. The SMILES string of the molecule is CSc1n[n+]2c(c(=O)[nH]1)-c1ccccc1N(C(C)=O)C2c1cccc(OCc2ccccc2)c1. The Morgan fingerprint density at radius 1 is 1.09 bits per heavy atom. The predicted octanol–water partition coefficient (Wildman–Crippen LogP) is 3.94. The normalized spacial score (nSPS) is 14.3. The lowest BCUT2D eigenvalue weighted by Crippen LogP contribution is -2.60. The summed E-state index contributed by atoms with van der Waals surface area (Å²) in [5.74, 6) is 0.514. The Balaban J connectivity index is 1.64. The molecule has 3 aromatic carbocycles. The maximum atomic E-state index is 13.1. The van der Waals surface area contributed by atoms with E-state index < -0.39 is 6.17 Å². The van der Waals surface area contributed by atoms with Gasteiger partial charge in [0.05, 0.1) is 11.3 Å². The molecule has 0 saturated carbocycles. The highest BCUT2D eigenvalue weighted by Gasteiger charge is 2.44. The molecule has 1 aliphatic heterocycles. The number of thioether (sulfide) groups is 1. The number of para-hydroxylation sites is 1. The number of aromatic amines is 1. The molecule has 1 aromatic heterocycles. The molecule has 2 heterocycles. The third-order valence-electron chi connectivity index (χ3n) is 5.70. The second kappa shape index (κ2) is 9.15. The molecular formula is C26H23N4O3S+. The van der Waals surface area contributed by atoms with Crippen LogP contribution >= 0.6 is 11.8 Å². The van der Waals surface area contributed by atoms with E-state index in [2.05, 4.69) is 4.98 Å². The molecule has 1 N–H and O–H groups in total. The Bertz CT molecular complexity index is 1420. The number of nitrogens with one attached hydrogen (secondary N) is 1. The molecule has 0 spiro atoms. The predicted molar refractivity (Wildman–Crippen MR) is 131 cm³/mol. The van der Waals surface area contributed by atoms with E-state index in [-0.39, 0.29) is 11.5 Å². The number of carbonyl (C=O) groups is 1. The number of amides is 1. The van der Waals surface area contributed by atoms with Gasteiger partial charge in [-0.2, -0.15) is 0 Å². The zero-order chi connectivity index (χ0) is 23.7. The van der Waals surface area contributed by atoms with Crippen molar-refractivity contribution >= 4 is 23.4 Å². The number of rotatable bonds is 5. The first kappa shape index (κ1) is 21.9. The number of ether oxygens (including phenoxy) is 1. The van der Waals surface area contributed by atoms with Crippen LogP contribution in [-0.4, -0.2) is 22.2 Å². The van der Waals surface area contributed by atoms with Gasteiger partial charge in [0.25, 0.3) is 6.17 Å². The highest BCUT2D eigenvalue weighted by Crippen LogP contribution is 2.37. The monoisotopic (exact) mass is 471 g/mol. The number of fused-ring (bicyclic) bond motifs is 3. The van der Waals surface area contributed by atoms with E-state index in [4.69, 9.17) is 9.84 Å². The Morgan fingerprint density at radius 2 is 1.85 bits per heavy atom. The average Bonchev–Trinajstić information content (AvgIpc) is 2.87. The first-order chi connectivity index (χ1) is 16.6. The van der Waals surface area contributed by atoms with Crippen molar-refractivity contribution in [3.05, 3.63) is 100 Å². The van der Waals surface area contributed by atoms with Crippen LogP contribution in [0.1, 0.15) is 24.2 Å². The summed E-state index contributed by atoms with van der Waals surface area (Å²) in [4.78, 5) is 30.6. The molecule has 1 unspecified atom stereocenters. The summed E-state index contributed by atoms with van der Waals surface area (Å²) in [5.41, 5.74) is 3.32. The second-order valence-corrected chi connectivity index (χ2v) is 8.68. The highest BCUT2D eigenvalue weighted by atomic mass is 32.2. The Morgan fingerprint density at radius 3 is 2.62 bits per heavy atom. The molecule has 0 saturated heterocycles. The number of anilines is 1. The number of nitrogens with zero attached hydrogens (tertiary/aromatic N) is 3. The molecule has 170 valence electrons. The van der Waals surface area contributed by atoms with Crippen LogP contribution in [0.4, 0.5) is 5.69 Å². The molecule has 0 aliphatic carbocycles. The summed E-state index contributed by atoms with van der Waals surface area (Å²) in [5, 5.41) is 5.17. The molecule has 1 aliphatic rings. The van der Waals surface area contributed by atoms with E-state index in [1.54, 1.807) is 9.58 Å². The van der Waals surface area contributed by atoms with Gasteiger partial charge in [-0.3, -0.25) is 14.6 Å². The number of H-pyrrole nitrogens is 1. The zero-order valence-electron chi connectivity index (χ0n) is 18.8. The number of hydrogen-bond donors (Lipinski definition) is 1. The summed E-state index contributed by atoms with van der Waals surface area (Å²) in [6.45, 7) is 1.94. The average molecular weight is 472 g/mol. The van der Waals surface area contributed by atoms with Crippen molar-refractivity contribution in [2.24, 2.45) is 0 Å². The molecule has 34 heavy (non-hydrogen) atoms. The van der Waals surface area contributed by atoms with E-state index >= 15 is 0 Å². The van der Waals surface area contributed by atoms with E-state index in [9.17, 15) is 9.59 Å². The van der Waals surface area contributed by atoms with Crippen molar-refractivity contribution in [2.45, 2.75) is 24.9 Å². The molecule has 1 amide bonds. The molecule has 7 nitrogen and oxygen atoms in total. The fourth-order valence-electron chi connectivity index (χ4n) is 4.21. The summed E-state index contributed by atoms with van der Waals surface area (Å²) >= 11 is 1.34. The van der Waals surface area contributed by atoms with Crippen molar-refractivity contribution in [2.75, 3.05) is 11.2 Å². The van der Waals surface area contributed by atoms with Crippen LogP contribution in [0.2, 0.25) is 0 Å². The minimum Gasteiger partial charge on any atom is -0.489 e. The van der Waals surface area contributed by atoms with Crippen molar-refractivity contribution in [3.8, 4) is 17.0 Å². The standard InChI is InChI=1S/C26H22N4O3S/c1-17(31)29-22-14-7-6-13-21(22)23-24(32)27-26(34-2)28-30(23)25(29)19-11-8-12-20(15-19)33-16-18-9-4-3-5-10-18/h3-15,25H,16H2,1-2H3/p+1. The van der Waals surface area contributed by atoms with E-state index in [1.807, 2.05) is 85.1 Å². The van der Waals surface area contributed by atoms with Gasteiger partial charge in [-0.05, 0) is 46.8 Å². The fourth-order valence-corrected chi connectivity index (χ4v) is 4.58. The maximum Gasteiger partial charge on any atom is 0.325 e. The summed E-state index contributed by atoms with van der Waals surface area (Å²) < 4.78 is 7.68. The van der Waals surface area contributed by atoms with Gasteiger partial charge in [-0.1, -0.05) is 60.3 Å². The van der Waals surface area contributed by atoms with Crippen molar-refractivity contribution in [1.29, 1.82) is 0 Å². The van der Waals surface area contributed by atoms with E-state index in [0.29, 0.717) is 34.5 Å². The van der Waals surface area contributed by atoms with E-state index in [1.165, 1.54) is 18.7 Å². The summed E-state index contributed by atoms with van der Waals surface area (Å²) in [6, 6.07) is 24.9. The zero-order valence-corrected chi connectivity index (χ0v) is 19.6. The number of hydrogen-bond acceptors (Lipinski definition) is 5. The van der Waals surface area contributed by atoms with E-state index in [0.717, 1.165) is 11.1 Å². The van der Waals surface area contributed by atoms with Crippen LogP contribution in [0.3, 0.4) is 0 Å². The minimum atomic E-state index is -0.643. The Kier molecular flexibility index (Phi) is 5.90. The van der Waals surface area contributed by atoms with Gasteiger partial charge in [0, 0.05) is 17.6 Å². The molecule has 0 bridgehead atoms. The third kappa shape index (κ3) is 3.97. The Labute approximate surface area is 201 Å². The first-order valence-electron chi connectivity index (χ1n) is 10.8. The lowest BCUT2D eigenvalue weighted by molar-refractivity contribution is -0.763. The van der Waals surface area contributed by atoms with Crippen LogP contribution in [0.5, 0.6) is 5.75 Å². The second-order valence-electron chi connectivity index (χ2n) is 7.88. The molecular weight excluding hydrogens is 448 g/mol. The lowest BCUT2D eigenvalue weighted by atomic mass is 10.0. The quantitative estimate of drug-likeness (QED) is 0.352. The van der Waals surface area contributed by atoms with Crippen LogP contribution in [-0.2, 0) is 11.4 Å². The van der Waals surface area contributed by atoms with Gasteiger partial charge in [0.15, 0.2) is 0 Å². The van der Waals surface area contributed by atoms with Gasteiger partial charge < -0.3 is 4.74 Å². The van der Waals surface area contributed by atoms with Crippen molar-refractivity contribution in [1.82, 2.24) is 10.1 Å². The largest absolute Gasteiger partial charge is 0.489 e. The minimum absolute atomic E-state index is 0.154. The number of aromatic nitrogens is 3.